The summed E-state index contributed by atoms with van der Waals surface area (Å²) in [7, 11) is 1.60. The fraction of sp³-hybridized carbons (Fsp3) is 0.467. The summed E-state index contributed by atoms with van der Waals surface area (Å²) in [5.74, 6) is 0.996. The van der Waals surface area contributed by atoms with E-state index in [0.717, 1.165) is 22.3 Å². The van der Waals surface area contributed by atoms with Gasteiger partial charge in [-0.25, -0.2) is 4.39 Å². The number of methoxy groups -OCH3 is 1. The van der Waals surface area contributed by atoms with E-state index in [1.165, 1.54) is 6.07 Å². The molecule has 1 heterocycles. The Labute approximate surface area is 126 Å². The molecular formula is C15H19BrFNO2. The molecule has 2 rings (SSSR count). The first-order valence-corrected chi connectivity index (χ1v) is 7.41. The lowest BCUT2D eigenvalue weighted by Gasteiger charge is -2.07. The Balaban J connectivity index is 2.40. The summed E-state index contributed by atoms with van der Waals surface area (Å²) in [4.78, 5) is 0. The molecular weight excluding hydrogens is 325 g/mol. The van der Waals surface area contributed by atoms with Gasteiger partial charge in [-0.3, -0.25) is 0 Å². The molecule has 0 atom stereocenters. The van der Waals surface area contributed by atoms with Crippen molar-refractivity contribution in [2.75, 3.05) is 13.7 Å². The lowest BCUT2D eigenvalue weighted by Crippen LogP contribution is -2.19. The van der Waals surface area contributed by atoms with E-state index < -0.39 is 0 Å². The molecule has 0 radical (unpaired) electrons. The van der Waals surface area contributed by atoms with Crippen molar-refractivity contribution in [1.82, 2.24) is 5.32 Å². The molecule has 0 saturated carbocycles. The Morgan fingerprint density at radius 1 is 1.40 bits per heavy atom. The van der Waals surface area contributed by atoms with Crippen LogP contribution >= 0.6 is 15.9 Å². The monoisotopic (exact) mass is 343 g/mol. The molecule has 20 heavy (non-hydrogen) atoms. The molecule has 1 aromatic carbocycles. The maximum absolute atomic E-state index is 14.1. The predicted molar refractivity (Wildman–Crippen MR) is 81.1 cm³/mol. The third-order valence-electron chi connectivity index (χ3n) is 3.05. The van der Waals surface area contributed by atoms with Crippen LogP contribution in [0.4, 0.5) is 4.39 Å². The first-order chi connectivity index (χ1) is 9.54. The van der Waals surface area contributed by atoms with Crippen molar-refractivity contribution < 1.29 is 13.5 Å². The van der Waals surface area contributed by atoms with Crippen LogP contribution < -0.4 is 5.32 Å². The smallest absolute Gasteiger partial charge is 0.151 e. The molecule has 0 aliphatic carbocycles. The van der Waals surface area contributed by atoms with Gasteiger partial charge in [0.15, 0.2) is 5.58 Å². The van der Waals surface area contributed by atoms with Gasteiger partial charge >= 0.3 is 0 Å². The standard InChI is InChI=1S/C15H19BrFNO2/c1-9(2)6-18-7-13-10(8-19-3)14-12(17)5-4-11(16)15(14)20-13/h4-5,9,18H,6-8H2,1-3H3. The third-order valence-corrected chi connectivity index (χ3v) is 3.67. The summed E-state index contributed by atoms with van der Waals surface area (Å²) in [5.41, 5.74) is 1.32. The van der Waals surface area contributed by atoms with Crippen molar-refractivity contribution in [1.29, 1.82) is 0 Å². The third kappa shape index (κ3) is 3.22. The highest BCUT2D eigenvalue weighted by molar-refractivity contribution is 9.10. The minimum atomic E-state index is -0.283. The average molecular weight is 344 g/mol. The van der Waals surface area contributed by atoms with Crippen molar-refractivity contribution in [2.45, 2.75) is 27.0 Å². The lowest BCUT2D eigenvalue weighted by atomic mass is 10.1. The molecule has 1 N–H and O–H groups in total. The fourth-order valence-electron chi connectivity index (χ4n) is 2.15. The predicted octanol–water partition coefficient (Wildman–Crippen LogP) is 4.23. The van der Waals surface area contributed by atoms with Crippen molar-refractivity contribution in [3.8, 4) is 0 Å². The molecule has 0 unspecified atom stereocenters. The van der Waals surface area contributed by atoms with Crippen LogP contribution in [0.1, 0.15) is 25.2 Å². The largest absolute Gasteiger partial charge is 0.458 e. The molecule has 0 aliphatic heterocycles. The van der Waals surface area contributed by atoms with E-state index in [0.29, 0.717) is 30.0 Å². The Morgan fingerprint density at radius 3 is 2.80 bits per heavy atom. The van der Waals surface area contributed by atoms with Crippen LogP contribution in [-0.2, 0) is 17.9 Å². The van der Waals surface area contributed by atoms with Crippen LogP contribution in [-0.4, -0.2) is 13.7 Å². The summed E-state index contributed by atoms with van der Waals surface area (Å²) in [6, 6.07) is 3.09. The van der Waals surface area contributed by atoms with E-state index >= 15 is 0 Å². The maximum atomic E-state index is 14.1. The fourth-order valence-corrected chi connectivity index (χ4v) is 2.56. The number of ether oxygens (including phenoxy) is 1. The normalized spacial score (nSPS) is 11.7. The minimum absolute atomic E-state index is 0.283. The van der Waals surface area contributed by atoms with Crippen LogP contribution in [0.5, 0.6) is 0 Å². The molecule has 110 valence electrons. The number of fused-ring (bicyclic) bond motifs is 1. The van der Waals surface area contributed by atoms with Crippen LogP contribution in [0.15, 0.2) is 21.0 Å². The summed E-state index contributed by atoms with van der Waals surface area (Å²) in [6.45, 7) is 6.06. The van der Waals surface area contributed by atoms with Gasteiger partial charge in [0.2, 0.25) is 0 Å². The van der Waals surface area contributed by atoms with Crippen molar-refractivity contribution in [2.24, 2.45) is 5.92 Å². The Bertz CT molecular complexity index is 595. The number of rotatable bonds is 6. The van der Waals surface area contributed by atoms with Gasteiger partial charge in [0.25, 0.3) is 0 Å². The zero-order valence-electron chi connectivity index (χ0n) is 11.9. The molecule has 0 saturated heterocycles. The maximum Gasteiger partial charge on any atom is 0.151 e. The molecule has 0 spiro atoms. The number of nitrogens with one attached hydrogen (secondary N) is 1. The first-order valence-electron chi connectivity index (χ1n) is 6.62. The van der Waals surface area contributed by atoms with Crippen LogP contribution in [0.25, 0.3) is 11.0 Å². The Kier molecular flexibility index (Phi) is 5.18. The molecule has 3 nitrogen and oxygen atoms in total. The molecule has 5 heteroatoms. The average Bonchev–Trinajstić information content (AvgIpc) is 2.75. The molecule has 0 bridgehead atoms. The number of benzene rings is 1. The number of furan rings is 1. The topological polar surface area (TPSA) is 34.4 Å². The van der Waals surface area contributed by atoms with Gasteiger partial charge in [-0.05, 0) is 40.5 Å². The van der Waals surface area contributed by atoms with E-state index in [4.69, 9.17) is 9.15 Å². The molecule has 2 aromatic rings. The Hall–Kier alpha value is -0.910. The van der Waals surface area contributed by atoms with Gasteiger partial charge in [0.05, 0.1) is 23.0 Å². The number of hydrogen-bond acceptors (Lipinski definition) is 3. The highest BCUT2D eigenvalue weighted by Crippen LogP contribution is 2.34. The second-order valence-corrected chi connectivity index (χ2v) is 6.05. The second-order valence-electron chi connectivity index (χ2n) is 5.19. The van der Waals surface area contributed by atoms with E-state index in [-0.39, 0.29) is 5.82 Å². The summed E-state index contributed by atoms with van der Waals surface area (Å²) >= 11 is 3.40. The number of hydrogen-bond donors (Lipinski definition) is 1. The van der Waals surface area contributed by atoms with Gasteiger partial charge in [-0.15, -0.1) is 0 Å². The molecule has 0 amide bonds. The second kappa shape index (κ2) is 6.70. The Morgan fingerprint density at radius 2 is 2.15 bits per heavy atom. The molecule has 1 aromatic heterocycles. The number of halogens is 2. The van der Waals surface area contributed by atoms with E-state index in [2.05, 4.69) is 35.1 Å². The SMILES string of the molecule is COCc1c(CNCC(C)C)oc2c(Br)ccc(F)c12. The molecule has 0 aliphatic rings. The first kappa shape index (κ1) is 15.5. The van der Waals surface area contributed by atoms with Gasteiger partial charge in [-0.1, -0.05) is 13.8 Å². The van der Waals surface area contributed by atoms with Gasteiger partial charge in [0.1, 0.15) is 11.6 Å². The van der Waals surface area contributed by atoms with Gasteiger partial charge in [-0.2, -0.15) is 0 Å². The van der Waals surface area contributed by atoms with E-state index in [1.807, 2.05) is 0 Å². The quantitative estimate of drug-likeness (QED) is 0.852. The van der Waals surface area contributed by atoms with Crippen molar-refractivity contribution in [3.63, 3.8) is 0 Å². The van der Waals surface area contributed by atoms with E-state index in [9.17, 15) is 4.39 Å². The van der Waals surface area contributed by atoms with Gasteiger partial charge in [0, 0.05) is 12.7 Å². The van der Waals surface area contributed by atoms with Crippen LogP contribution in [0.3, 0.4) is 0 Å². The van der Waals surface area contributed by atoms with E-state index in [1.54, 1.807) is 13.2 Å². The summed E-state index contributed by atoms with van der Waals surface area (Å²) in [6.07, 6.45) is 0. The van der Waals surface area contributed by atoms with Crippen LogP contribution in [0.2, 0.25) is 0 Å². The van der Waals surface area contributed by atoms with Crippen molar-refractivity contribution >= 4 is 26.9 Å². The van der Waals surface area contributed by atoms with Crippen LogP contribution in [0, 0.1) is 11.7 Å². The summed E-state index contributed by atoms with van der Waals surface area (Å²) in [5, 5.41) is 3.82. The van der Waals surface area contributed by atoms with Crippen molar-refractivity contribution in [3.05, 3.63) is 33.7 Å². The highest BCUT2D eigenvalue weighted by Gasteiger charge is 2.19. The zero-order valence-corrected chi connectivity index (χ0v) is 13.5. The molecule has 0 fully saturated rings. The lowest BCUT2D eigenvalue weighted by molar-refractivity contribution is 0.183. The van der Waals surface area contributed by atoms with Gasteiger partial charge < -0.3 is 14.5 Å². The zero-order chi connectivity index (χ0) is 14.7. The minimum Gasteiger partial charge on any atom is -0.458 e. The highest BCUT2D eigenvalue weighted by atomic mass is 79.9. The summed E-state index contributed by atoms with van der Waals surface area (Å²) < 4.78 is 25.8.